The van der Waals surface area contributed by atoms with Crippen LogP contribution in [-0.2, 0) is 6.42 Å². The second-order valence-corrected chi connectivity index (χ2v) is 3.55. The Morgan fingerprint density at radius 2 is 2.20 bits per heavy atom. The van der Waals surface area contributed by atoms with Crippen LogP contribution in [0.1, 0.15) is 25.5 Å². The van der Waals surface area contributed by atoms with E-state index in [0.717, 1.165) is 31.0 Å². The van der Waals surface area contributed by atoms with Gasteiger partial charge in [0.2, 0.25) is 0 Å². The molecule has 0 saturated carbocycles. The van der Waals surface area contributed by atoms with E-state index in [9.17, 15) is 8.78 Å². The summed E-state index contributed by atoms with van der Waals surface area (Å²) in [5.74, 6) is -1.19. The molecule has 0 aliphatic heterocycles. The molecule has 2 aromatic heterocycles. The zero-order valence-electron chi connectivity index (χ0n) is 8.50. The maximum Gasteiger partial charge on any atom is 0.173 e. The minimum Gasteiger partial charge on any atom is -0.299 e. The van der Waals surface area contributed by atoms with E-state index in [4.69, 9.17) is 0 Å². The molecule has 2 aromatic rings. The van der Waals surface area contributed by atoms with Gasteiger partial charge in [-0.2, -0.15) is 0 Å². The van der Waals surface area contributed by atoms with E-state index in [0.29, 0.717) is 0 Å². The zero-order chi connectivity index (χ0) is 10.8. The van der Waals surface area contributed by atoms with Crippen LogP contribution in [0.3, 0.4) is 0 Å². The van der Waals surface area contributed by atoms with E-state index < -0.39 is 11.6 Å². The first-order chi connectivity index (χ1) is 7.22. The largest absolute Gasteiger partial charge is 0.299 e. The van der Waals surface area contributed by atoms with Crippen LogP contribution in [-0.4, -0.2) is 9.38 Å². The minimum absolute atomic E-state index is 0.197. The van der Waals surface area contributed by atoms with Gasteiger partial charge in [0.05, 0.1) is 0 Å². The lowest BCUT2D eigenvalue weighted by Gasteiger charge is -2.01. The Morgan fingerprint density at radius 1 is 1.40 bits per heavy atom. The molecule has 0 aliphatic rings. The Hall–Kier alpha value is -1.45. The van der Waals surface area contributed by atoms with Gasteiger partial charge in [-0.05, 0) is 12.8 Å². The van der Waals surface area contributed by atoms with Gasteiger partial charge in [-0.3, -0.25) is 4.40 Å². The predicted octanol–water partition coefficient (Wildman–Crippen LogP) is 2.96. The Kier molecular flexibility index (Phi) is 2.66. The summed E-state index contributed by atoms with van der Waals surface area (Å²) in [6, 6.07) is 0.853. The second kappa shape index (κ2) is 3.96. The van der Waals surface area contributed by atoms with Crippen molar-refractivity contribution in [1.29, 1.82) is 0 Å². The van der Waals surface area contributed by atoms with Crippen molar-refractivity contribution in [3.05, 3.63) is 35.8 Å². The molecule has 80 valence electrons. The van der Waals surface area contributed by atoms with Gasteiger partial charge in [0.15, 0.2) is 11.5 Å². The van der Waals surface area contributed by atoms with Crippen molar-refractivity contribution < 1.29 is 8.78 Å². The number of nitrogens with zero attached hydrogens (tertiary/aromatic N) is 2. The van der Waals surface area contributed by atoms with Crippen LogP contribution < -0.4 is 0 Å². The van der Waals surface area contributed by atoms with Crippen molar-refractivity contribution in [2.45, 2.75) is 26.2 Å². The monoisotopic (exact) mass is 210 g/mol. The molecule has 0 N–H and O–H groups in total. The van der Waals surface area contributed by atoms with E-state index in [1.54, 1.807) is 6.20 Å². The highest BCUT2D eigenvalue weighted by Gasteiger charge is 2.08. The average Bonchev–Trinajstić information content (AvgIpc) is 2.58. The third kappa shape index (κ3) is 1.84. The number of hydrogen-bond donors (Lipinski definition) is 0. The number of fused-ring (bicyclic) bond motifs is 1. The molecule has 4 heteroatoms. The number of imidazole rings is 1. The third-order valence-corrected chi connectivity index (χ3v) is 2.39. The molecule has 15 heavy (non-hydrogen) atoms. The number of rotatable bonds is 3. The second-order valence-electron chi connectivity index (χ2n) is 3.55. The molecule has 0 fully saturated rings. The van der Waals surface area contributed by atoms with Gasteiger partial charge in [-0.25, -0.2) is 13.8 Å². The van der Waals surface area contributed by atoms with Gasteiger partial charge in [0.1, 0.15) is 5.82 Å². The highest BCUT2D eigenvalue weighted by molar-refractivity contribution is 5.42. The Balaban J connectivity index is 2.49. The molecule has 0 radical (unpaired) electrons. The van der Waals surface area contributed by atoms with Crippen molar-refractivity contribution in [1.82, 2.24) is 9.38 Å². The van der Waals surface area contributed by atoms with E-state index in [-0.39, 0.29) is 5.65 Å². The quantitative estimate of drug-likeness (QED) is 0.761. The third-order valence-electron chi connectivity index (χ3n) is 2.39. The van der Waals surface area contributed by atoms with Crippen LogP contribution in [0.15, 0.2) is 18.5 Å². The van der Waals surface area contributed by atoms with Gasteiger partial charge in [-0.1, -0.05) is 13.3 Å². The van der Waals surface area contributed by atoms with Gasteiger partial charge >= 0.3 is 0 Å². The normalized spacial score (nSPS) is 11.1. The molecule has 0 atom stereocenters. The summed E-state index contributed by atoms with van der Waals surface area (Å²) in [5, 5.41) is 0. The van der Waals surface area contributed by atoms with Crippen molar-refractivity contribution in [3.8, 4) is 0 Å². The number of pyridine rings is 1. The minimum atomic E-state index is -0.613. The SMILES string of the molecule is CCCCc1cnc2c(F)cc(F)cn12. The first kappa shape index (κ1) is 10.1. The number of aromatic nitrogens is 2. The molecule has 0 unspecified atom stereocenters. The summed E-state index contributed by atoms with van der Waals surface area (Å²) in [6.45, 7) is 2.07. The first-order valence-corrected chi connectivity index (χ1v) is 5.03. The van der Waals surface area contributed by atoms with Gasteiger partial charge in [0.25, 0.3) is 0 Å². The number of unbranched alkanes of at least 4 members (excludes halogenated alkanes) is 1. The van der Waals surface area contributed by atoms with Gasteiger partial charge in [-0.15, -0.1) is 0 Å². The fourth-order valence-corrected chi connectivity index (χ4v) is 1.61. The maximum atomic E-state index is 13.3. The molecular weight excluding hydrogens is 198 g/mol. The van der Waals surface area contributed by atoms with Gasteiger partial charge < -0.3 is 0 Å². The lowest BCUT2D eigenvalue weighted by atomic mass is 10.2. The molecule has 0 amide bonds. The molecule has 2 nitrogen and oxygen atoms in total. The van der Waals surface area contributed by atoms with E-state index in [1.165, 1.54) is 10.6 Å². The lowest BCUT2D eigenvalue weighted by Crippen LogP contribution is -1.96. The summed E-state index contributed by atoms with van der Waals surface area (Å²) < 4.78 is 27.7. The maximum absolute atomic E-state index is 13.3. The Bertz CT molecular complexity index is 477. The molecule has 0 spiro atoms. The fraction of sp³-hybridized carbons (Fsp3) is 0.364. The molecule has 2 heterocycles. The zero-order valence-corrected chi connectivity index (χ0v) is 8.50. The van der Waals surface area contributed by atoms with Crippen molar-refractivity contribution in [2.24, 2.45) is 0 Å². The predicted molar refractivity (Wildman–Crippen MR) is 53.7 cm³/mol. The van der Waals surface area contributed by atoms with E-state index in [1.807, 2.05) is 0 Å². The van der Waals surface area contributed by atoms with Crippen molar-refractivity contribution >= 4 is 5.65 Å². The molecule has 0 aliphatic carbocycles. The smallest absolute Gasteiger partial charge is 0.173 e. The number of hydrogen-bond acceptors (Lipinski definition) is 1. The molecular formula is C11H12F2N2. The summed E-state index contributed by atoms with van der Waals surface area (Å²) in [6.07, 6.45) is 5.71. The Morgan fingerprint density at radius 3 is 2.93 bits per heavy atom. The standard InChI is InChI=1S/C11H12F2N2/c1-2-3-4-9-6-14-11-10(13)5-8(12)7-15(9)11/h5-7H,2-4H2,1H3. The van der Waals surface area contributed by atoms with Crippen molar-refractivity contribution in [2.75, 3.05) is 0 Å². The van der Waals surface area contributed by atoms with Gasteiger partial charge in [0, 0.05) is 24.2 Å². The van der Waals surface area contributed by atoms with Crippen LogP contribution >= 0.6 is 0 Å². The number of halogens is 2. The summed E-state index contributed by atoms with van der Waals surface area (Å²) in [7, 11) is 0. The molecule has 0 aromatic carbocycles. The molecule has 0 bridgehead atoms. The van der Waals surface area contributed by atoms with Crippen LogP contribution in [0.2, 0.25) is 0 Å². The van der Waals surface area contributed by atoms with Crippen LogP contribution in [0.5, 0.6) is 0 Å². The van der Waals surface area contributed by atoms with Crippen LogP contribution in [0.25, 0.3) is 5.65 Å². The molecule has 0 saturated heterocycles. The fourth-order valence-electron chi connectivity index (χ4n) is 1.61. The van der Waals surface area contributed by atoms with Crippen LogP contribution in [0, 0.1) is 11.6 Å². The summed E-state index contributed by atoms with van der Waals surface area (Å²) in [4.78, 5) is 3.93. The lowest BCUT2D eigenvalue weighted by molar-refractivity contribution is 0.574. The number of aryl methyl sites for hydroxylation is 1. The van der Waals surface area contributed by atoms with E-state index in [2.05, 4.69) is 11.9 Å². The Labute approximate surface area is 86.6 Å². The van der Waals surface area contributed by atoms with Crippen molar-refractivity contribution in [3.63, 3.8) is 0 Å². The highest BCUT2D eigenvalue weighted by atomic mass is 19.1. The topological polar surface area (TPSA) is 17.3 Å². The van der Waals surface area contributed by atoms with E-state index >= 15 is 0 Å². The summed E-state index contributed by atoms with van der Waals surface area (Å²) >= 11 is 0. The highest BCUT2D eigenvalue weighted by Crippen LogP contribution is 2.14. The molecule has 2 rings (SSSR count). The summed E-state index contributed by atoms with van der Waals surface area (Å²) in [5.41, 5.74) is 1.05. The average molecular weight is 210 g/mol. The van der Waals surface area contributed by atoms with Crippen LogP contribution in [0.4, 0.5) is 8.78 Å². The first-order valence-electron chi connectivity index (χ1n) is 5.03.